The number of rotatable bonds is 3. The van der Waals surface area contributed by atoms with E-state index in [1.54, 1.807) is 0 Å². The van der Waals surface area contributed by atoms with Crippen LogP contribution in [0.3, 0.4) is 0 Å². The van der Waals surface area contributed by atoms with E-state index in [2.05, 4.69) is 4.98 Å². The lowest BCUT2D eigenvalue weighted by atomic mass is 10.2. The number of carboxylic acid groups (broad SMARTS) is 1. The molecule has 1 aromatic rings. The van der Waals surface area contributed by atoms with E-state index in [9.17, 15) is 14.0 Å². The number of aldehydes is 1. The van der Waals surface area contributed by atoms with Gasteiger partial charge in [0.2, 0.25) is 5.95 Å². The molecule has 0 bridgehead atoms. The summed E-state index contributed by atoms with van der Waals surface area (Å²) in [5, 5.41) is 8.39. The highest BCUT2D eigenvalue weighted by atomic mass is 19.1. The number of pyridine rings is 1. The van der Waals surface area contributed by atoms with Crippen molar-refractivity contribution < 1.29 is 19.1 Å². The monoisotopic (exact) mass is 183 g/mol. The van der Waals surface area contributed by atoms with Gasteiger partial charge in [0, 0.05) is 0 Å². The predicted octanol–water partition coefficient (Wildman–Crippen LogP) is 0.660. The standard InChI is InChI=1S/C8H6FNO3/c9-7-2-5(3-8(12)13)1-6(4-11)10-7/h1-2,4H,3H2,(H,12,13). The second-order valence-electron chi connectivity index (χ2n) is 2.41. The molecule has 0 spiro atoms. The largest absolute Gasteiger partial charge is 0.481 e. The summed E-state index contributed by atoms with van der Waals surface area (Å²) >= 11 is 0. The second kappa shape index (κ2) is 3.75. The van der Waals surface area contributed by atoms with Gasteiger partial charge in [0.1, 0.15) is 5.69 Å². The molecule has 0 atom stereocenters. The minimum atomic E-state index is -1.08. The van der Waals surface area contributed by atoms with E-state index in [0.29, 0.717) is 6.29 Å². The number of aliphatic carboxylic acids is 1. The summed E-state index contributed by atoms with van der Waals surface area (Å²) in [4.78, 5) is 23.7. The van der Waals surface area contributed by atoms with Crippen molar-refractivity contribution in [2.24, 2.45) is 0 Å². The van der Waals surface area contributed by atoms with E-state index >= 15 is 0 Å². The zero-order chi connectivity index (χ0) is 9.84. The fourth-order valence-corrected chi connectivity index (χ4v) is 0.910. The summed E-state index contributed by atoms with van der Waals surface area (Å²) in [5.41, 5.74) is 0.123. The van der Waals surface area contributed by atoms with Gasteiger partial charge in [-0.15, -0.1) is 0 Å². The van der Waals surface area contributed by atoms with E-state index < -0.39 is 11.9 Å². The van der Waals surface area contributed by atoms with Gasteiger partial charge in [0.05, 0.1) is 6.42 Å². The molecule has 0 amide bonds. The van der Waals surface area contributed by atoms with Gasteiger partial charge in [0.15, 0.2) is 6.29 Å². The number of carboxylic acids is 1. The summed E-state index contributed by atoms with van der Waals surface area (Å²) in [7, 11) is 0. The van der Waals surface area contributed by atoms with Crippen LogP contribution in [0, 0.1) is 5.95 Å². The van der Waals surface area contributed by atoms with Crippen LogP contribution in [0.5, 0.6) is 0 Å². The van der Waals surface area contributed by atoms with Gasteiger partial charge in [-0.1, -0.05) is 0 Å². The molecular weight excluding hydrogens is 177 g/mol. The maximum absolute atomic E-state index is 12.6. The van der Waals surface area contributed by atoms with Crippen LogP contribution in [0.25, 0.3) is 0 Å². The van der Waals surface area contributed by atoms with Gasteiger partial charge in [-0.3, -0.25) is 9.59 Å². The maximum Gasteiger partial charge on any atom is 0.307 e. The van der Waals surface area contributed by atoms with Crippen molar-refractivity contribution in [3.63, 3.8) is 0 Å². The number of carbonyl (C=O) groups excluding carboxylic acids is 1. The van der Waals surface area contributed by atoms with E-state index in [0.717, 1.165) is 6.07 Å². The van der Waals surface area contributed by atoms with Crippen LogP contribution in [-0.4, -0.2) is 22.3 Å². The first-order valence-corrected chi connectivity index (χ1v) is 3.45. The molecule has 0 aliphatic heterocycles. The Kier molecular flexibility index (Phi) is 2.69. The Morgan fingerprint density at radius 3 is 2.85 bits per heavy atom. The van der Waals surface area contributed by atoms with Crippen molar-refractivity contribution in [2.45, 2.75) is 6.42 Å². The van der Waals surface area contributed by atoms with Crippen LogP contribution < -0.4 is 0 Å². The van der Waals surface area contributed by atoms with E-state index in [1.165, 1.54) is 6.07 Å². The third kappa shape index (κ3) is 2.62. The predicted molar refractivity (Wildman–Crippen MR) is 40.9 cm³/mol. The molecule has 4 nitrogen and oxygen atoms in total. The molecule has 1 N–H and O–H groups in total. The molecule has 1 aromatic heterocycles. The van der Waals surface area contributed by atoms with Crippen LogP contribution in [0.4, 0.5) is 4.39 Å². The van der Waals surface area contributed by atoms with Crippen molar-refractivity contribution in [1.29, 1.82) is 0 Å². The van der Waals surface area contributed by atoms with Crippen molar-refractivity contribution in [3.8, 4) is 0 Å². The molecule has 0 unspecified atom stereocenters. The molecule has 5 heteroatoms. The first-order valence-electron chi connectivity index (χ1n) is 3.45. The molecule has 0 saturated heterocycles. The highest BCUT2D eigenvalue weighted by Crippen LogP contribution is 2.04. The minimum Gasteiger partial charge on any atom is -0.481 e. The Morgan fingerprint density at radius 2 is 2.31 bits per heavy atom. The van der Waals surface area contributed by atoms with Crippen LogP contribution in [-0.2, 0) is 11.2 Å². The van der Waals surface area contributed by atoms with Crippen molar-refractivity contribution in [1.82, 2.24) is 4.98 Å². The maximum atomic E-state index is 12.6. The summed E-state index contributed by atoms with van der Waals surface area (Å²) in [6, 6.07) is 2.23. The quantitative estimate of drug-likeness (QED) is 0.552. The number of halogens is 1. The SMILES string of the molecule is O=Cc1cc(CC(=O)O)cc(F)n1. The zero-order valence-electron chi connectivity index (χ0n) is 6.53. The van der Waals surface area contributed by atoms with E-state index in [1.807, 2.05) is 0 Å². The number of hydrogen-bond acceptors (Lipinski definition) is 3. The lowest BCUT2D eigenvalue weighted by Gasteiger charge is -1.97. The highest BCUT2D eigenvalue weighted by Gasteiger charge is 2.05. The molecular formula is C8H6FNO3. The first kappa shape index (κ1) is 9.31. The molecule has 0 aliphatic rings. The van der Waals surface area contributed by atoms with E-state index in [-0.39, 0.29) is 17.7 Å². The van der Waals surface area contributed by atoms with Crippen LogP contribution in [0.15, 0.2) is 12.1 Å². The van der Waals surface area contributed by atoms with Gasteiger partial charge in [-0.2, -0.15) is 4.39 Å². The summed E-state index contributed by atoms with van der Waals surface area (Å²) in [6.45, 7) is 0. The molecule has 13 heavy (non-hydrogen) atoms. The van der Waals surface area contributed by atoms with Crippen molar-refractivity contribution >= 4 is 12.3 Å². The Hall–Kier alpha value is -1.78. The molecule has 68 valence electrons. The average molecular weight is 183 g/mol. The second-order valence-corrected chi connectivity index (χ2v) is 2.41. The van der Waals surface area contributed by atoms with Crippen LogP contribution in [0.2, 0.25) is 0 Å². The lowest BCUT2D eigenvalue weighted by molar-refractivity contribution is -0.136. The molecule has 1 rings (SSSR count). The van der Waals surface area contributed by atoms with Crippen LogP contribution >= 0.6 is 0 Å². The molecule has 0 saturated carbocycles. The Labute approximate surface area is 73.0 Å². The minimum absolute atomic E-state index is 0.101. The fourth-order valence-electron chi connectivity index (χ4n) is 0.910. The van der Waals surface area contributed by atoms with Gasteiger partial charge >= 0.3 is 5.97 Å². The molecule has 0 aromatic carbocycles. The molecule has 1 heterocycles. The summed E-state index contributed by atoms with van der Waals surface area (Å²) in [5.74, 6) is -1.93. The zero-order valence-corrected chi connectivity index (χ0v) is 6.53. The third-order valence-corrected chi connectivity index (χ3v) is 1.35. The topological polar surface area (TPSA) is 67.3 Å². The molecule has 0 aliphatic carbocycles. The van der Waals surface area contributed by atoms with Gasteiger partial charge in [-0.25, -0.2) is 4.98 Å². The normalized spacial score (nSPS) is 9.62. The molecule has 0 radical (unpaired) electrons. The van der Waals surface area contributed by atoms with Gasteiger partial charge in [0.25, 0.3) is 0 Å². The molecule has 0 fully saturated rings. The van der Waals surface area contributed by atoms with E-state index in [4.69, 9.17) is 5.11 Å². The number of aromatic nitrogens is 1. The summed E-state index contributed by atoms with van der Waals surface area (Å²) in [6.07, 6.45) is 0.0503. The Morgan fingerprint density at radius 1 is 1.62 bits per heavy atom. The highest BCUT2D eigenvalue weighted by molar-refractivity contribution is 5.74. The smallest absolute Gasteiger partial charge is 0.307 e. The van der Waals surface area contributed by atoms with Crippen molar-refractivity contribution in [3.05, 3.63) is 29.3 Å². The summed E-state index contributed by atoms with van der Waals surface area (Å²) < 4.78 is 12.6. The van der Waals surface area contributed by atoms with Gasteiger partial charge in [-0.05, 0) is 17.7 Å². The number of nitrogens with zero attached hydrogens (tertiary/aromatic N) is 1. The average Bonchev–Trinajstić information content (AvgIpc) is 2.01. The van der Waals surface area contributed by atoms with Crippen LogP contribution in [0.1, 0.15) is 16.1 Å². The van der Waals surface area contributed by atoms with Crippen molar-refractivity contribution in [2.75, 3.05) is 0 Å². The third-order valence-electron chi connectivity index (χ3n) is 1.35. The fraction of sp³-hybridized carbons (Fsp3) is 0.125. The lowest BCUT2D eigenvalue weighted by Crippen LogP contribution is -2.02. The van der Waals surface area contributed by atoms with Gasteiger partial charge < -0.3 is 5.11 Å². The number of hydrogen-bond donors (Lipinski definition) is 1. The first-order chi connectivity index (χ1) is 6.11. The Bertz CT molecular complexity index is 351. The Balaban J connectivity index is 3.01. The number of carbonyl (C=O) groups is 2.